The molecular formula is C21H18ClN3O4S2. The largest absolute Gasteiger partial charge is 0.497 e. The van der Waals surface area contributed by atoms with E-state index in [0.717, 1.165) is 0 Å². The van der Waals surface area contributed by atoms with Gasteiger partial charge in [-0.25, -0.2) is 8.42 Å². The van der Waals surface area contributed by atoms with Crippen LogP contribution < -0.4 is 20.1 Å². The van der Waals surface area contributed by atoms with E-state index in [0.29, 0.717) is 27.7 Å². The molecular weight excluding hydrogens is 458 g/mol. The molecule has 0 aliphatic heterocycles. The van der Waals surface area contributed by atoms with Gasteiger partial charge in [0.05, 0.1) is 12.0 Å². The van der Waals surface area contributed by atoms with Gasteiger partial charge >= 0.3 is 0 Å². The van der Waals surface area contributed by atoms with Crippen molar-refractivity contribution in [3.63, 3.8) is 0 Å². The Kier molecular flexibility index (Phi) is 7.11. The zero-order valence-corrected chi connectivity index (χ0v) is 18.6. The van der Waals surface area contributed by atoms with E-state index >= 15 is 0 Å². The van der Waals surface area contributed by atoms with Crippen molar-refractivity contribution in [2.45, 2.75) is 4.90 Å². The molecule has 0 spiro atoms. The minimum absolute atomic E-state index is 0.0741. The van der Waals surface area contributed by atoms with Gasteiger partial charge in [0, 0.05) is 22.0 Å². The maximum atomic E-state index is 12.6. The molecule has 0 saturated heterocycles. The summed E-state index contributed by atoms with van der Waals surface area (Å²) in [5.74, 6) is 0.231. The molecule has 31 heavy (non-hydrogen) atoms. The Balaban J connectivity index is 1.61. The average Bonchev–Trinajstić information content (AvgIpc) is 2.74. The molecule has 0 atom stereocenters. The highest BCUT2D eigenvalue weighted by molar-refractivity contribution is 7.92. The molecule has 7 nitrogen and oxygen atoms in total. The van der Waals surface area contributed by atoms with Crippen LogP contribution in [-0.2, 0) is 10.0 Å². The van der Waals surface area contributed by atoms with Crippen LogP contribution in [0.2, 0.25) is 5.02 Å². The molecule has 0 bridgehead atoms. The molecule has 0 saturated carbocycles. The molecule has 3 rings (SSSR count). The van der Waals surface area contributed by atoms with E-state index in [9.17, 15) is 13.2 Å². The van der Waals surface area contributed by atoms with Gasteiger partial charge in [-0.15, -0.1) is 0 Å². The third-order valence-corrected chi connectivity index (χ3v) is 5.95. The number of benzene rings is 3. The van der Waals surface area contributed by atoms with Gasteiger partial charge in [0.15, 0.2) is 5.11 Å². The van der Waals surface area contributed by atoms with E-state index in [1.165, 1.54) is 19.2 Å². The Labute approximate surface area is 190 Å². The highest BCUT2D eigenvalue weighted by atomic mass is 35.5. The Bertz CT molecular complexity index is 1180. The van der Waals surface area contributed by atoms with Gasteiger partial charge in [0.2, 0.25) is 0 Å². The van der Waals surface area contributed by atoms with E-state index in [2.05, 4.69) is 15.4 Å². The maximum absolute atomic E-state index is 12.6. The Hall–Kier alpha value is -3.14. The van der Waals surface area contributed by atoms with Crippen molar-refractivity contribution in [3.05, 3.63) is 83.4 Å². The van der Waals surface area contributed by atoms with E-state index in [4.69, 9.17) is 28.6 Å². The standard InChI is InChI=1S/C21H18ClN3O4S2/c1-29-18-10-6-17(7-11-18)25-31(27,28)19-12-8-16(9-13-19)23-21(30)24-20(26)14-2-4-15(22)5-3-14/h2-13,25H,1H3,(H2,23,24,26,30). The fourth-order valence-corrected chi connectivity index (χ4v) is 3.92. The first kappa shape index (κ1) is 22.5. The van der Waals surface area contributed by atoms with Gasteiger partial charge in [-0.05, 0) is 85.0 Å². The molecule has 160 valence electrons. The van der Waals surface area contributed by atoms with Crippen molar-refractivity contribution in [1.29, 1.82) is 0 Å². The molecule has 0 unspecified atom stereocenters. The van der Waals surface area contributed by atoms with Crippen LogP contribution in [0.4, 0.5) is 11.4 Å². The quantitative estimate of drug-likeness (QED) is 0.460. The van der Waals surface area contributed by atoms with E-state index in [1.54, 1.807) is 60.7 Å². The Morgan fingerprint density at radius 3 is 2.06 bits per heavy atom. The Morgan fingerprint density at radius 1 is 0.903 bits per heavy atom. The fourth-order valence-electron chi connectivity index (χ4n) is 2.53. The number of hydrogen-bond donors (Lipinski definition) is 3. The predicted octanol–water partition coefficient (Wildman–Crippen LogP) is 4.28. The number of carbonyl (C=O) groups excluding carboxylic acids is 1. The normalized spacial score (nSPS) is 10.8. The van der Waals surface area contributed by atoms with Crippen molar-refractivity contribution >= 4 is 56.2 Å². The average molecular weight is 476 g/mol. The van der Waals surface area contributed by atoms with Crippen LogP contribution in [-0.4, -0.2) is 26.5 Å². The van der Waals surface area contributed by atoms with Gasteiger partial charge in [-0.1, -0.05) is 11.6 Å². The third-order valence-electron chi connectivity index (χ3n) is 4.10. The highest BCUT2D eigenvalue weighted by Gasteiger charge is 2.14. The van der Waals surface area contributed by atoms with Crippen molar-refractivity contribution in [3.8, 4) is 5.75 Å². The molecule has 3 N–H and O–H groups in total. The molecule has 0 aliphatic rings. The number of halogens is 1. The second kappa shape index (κ2) is 9.78. The zero-order valence-electron chi connectivity index (χ0n) is 16.3. The molecule has 0 radical (unpaired) electrons. The lowest BCUT2D eigenvalue weighted by atomic mass is 10.2. The minimum Gasteiger partial charge on any atom is -0.497 e. The molecule has 0 aliphatic carbocycles. The summed E-state index contributed by atoms with van der Waals surface area (Å²) in [6.45, 7) is 0. The minimum atomic E-state index is -3.77. The predicted molar refractivity (Wildman–Crippen MR) is 125 cm³/mol. The van der Waals surface area contributed by atoms with Crippen LogP contribution >= 0.6 is 23.8 Å². The summed E-state index contributed by atoms with van der Waals surface area (Å²) in [4.78, 5) is 12.3. The third kappa shape index (κ3) is 6.17. The zero-order chi connectivity index (χ0) is 22.4. The number of methoxy groups -OCH3 is 1. The van der Waals surface area contributed by atoms with Gasteiger partial charge in [0.1, 0.15) is 5.75 Å². The molecule has 10 heteroatoms. The van der Waals surface area contributed by atoms with Crippen LogP contribution in [0.15, 0.2) is 77.7 Å². The van der Waals surface area contributed by atoms with Crippen LogP contribution in [0.5, 0.6) is 5.75 Å². The molecule has 3 aromatic rings. The van der Waals surface area contributed by atoms with Crippen molar-refractivity contribution < 1.29 is 17.9 Å². The van der Waals surface area contributed by atoms with Crippen LogP contribution in [0.25, 0.3) is 0 Å². The lowest BCUT2D eigenvalue weighted by molar-refractivity contribution is 0.0977. The van der Waals surface area contributed by atoms with Crippen molar-refractivity contribution in [2.75, 3.05) is 17.1 Å². The smallest absolute Gasteiger partial charge is 0.261 e. The van der Waals surface area contributed by atoms with Crippen LogP contribution in [0.3, 0.4) is 0 Å². The molecule has 0 heterocycles. The molecule has 0 fully saturated rings. The number of ether oxygens (including phenoxy) is 1. The number of anilines is 2. The first-order valence-electron chi connectivity index (χ1n) is 8.92. The first-order chi connectivity index (χ1) is 14.8. The maximum Gasteiger partial charge on any atom is 0.261 e. The highest BCUT2D eigenvalue weighted by Crippen LogP contribution is 2.20. The van der Waals surface area contributed by atoms with Gasteiger partial charge in [0.25, 0.3) is 15.9 Å². The summed E-state index contributed by atoms with van der Waals surface area (Å²) in [6.07, 6.45) is 0. The number of rotatable bonds is 6. The van der Waals surface area contributed by atoms with Gasteiger partial charge < -0.3 is 10.1 Å². The number of thiocarbonyl (C=S) groups is 1. The molecule has 1 amide bonds. The summed E-state index contributed by atoms with van der Waals surface area (Å²) in [5, 5.41) is 5.99. The number of hydrogen-bond acceptors (Lipinski definition) is 5. The van der Waals surface area contributed by atoms with E-state index in [1.807, 2.05) is 0 Å². The summed E-state index contributed by atoms with van der Waals surface area (Å²) in [5.41, 5.74) is 1.33. The summed E-state index contributed by atoms with van der Waals surface area (Å²) >= 11 is 11.0. The summed E-state index contributed by atoms with van der Waals surface area (Å²) in [6, 6.07) is 18.8. The fraction of sp³-hybridized carbons (Fsp3) is 0.0476. The van der Waals surface area contributed by atoms with Crippen LogP contribution in [0, 0.1) is 0 Å². The molecule has 0 aromatic heterocycles. The van der Waals surface area contributed by atoms with Crippen molar-refractivity contribution in [1.82, 2.24) is 5.32 Å². The lowest BCUT2D eigenvalue weighted by Gasteiger charge is -2.11. The number of carbonyl (C=O) groups is 1. The number of sulfonamides is 1. The van der Waals surface area contributed by atoms with Gasteiger partial charge in [-0.3, -0.25) is 14.8 Å². The lowest BCUT2D eigenvalue weighted by Crippen LogP contribution is -2.34. The second-order valence-electron chi connectivity index (χ2n) is 6.27. The van der Waals surface area contributed by atoms with Crippen molar-refractivity contribution in [2.24, 2.45) is 0 Å². The van der Waals surface area contributed by atoms with E-state index in [-0.39, 0.29) is 10.0 Å². The monoisotopic (exact) mass is 475 g/mol. The summed E-state index contributed by atoms with van der Waals surface area (Å²) in [7, 11) is -2.24. The van der Waals surface area contributed by atoms with Crippen LogP contribution in [0.1, 0.15) is 10.4 Å². The first-order valence-corrected chi connectivity index (χ1v) is 11.2. The van der Waals surface area contributed by atoms with E-state index < -0.39 is 15.9 Å². The SMILES string of the molecule is COc1ccc(NS(=O)(=O)c2ccc(NC(=S)NC(=O)c3ccc(Cl)cc3)cc2)cc1. The van der Waals surface area contributed by atoms with Gasteiger partial charge in [-0.2, -0.15) is 0 Å². The Morgan fingerprint density at radius 2 is 1.48 bits per heavy atom. The second-order valence-corrected chi connectivity index (χ2v) is 8.80. The topological polar surface area (TPSA) is 96.5 Å². The number of amides is 1. The number of nitrogens with one attached hydrogen (secondary N) is 3. The summed E-state index contributed by atoms with van der Waals surface area (Å²) < 4.78 is 32.7. The molecule has 3 aromatic carbocycles.